The second-order valence-corrected chi connectivity index (χ2v) is 11.4. The minimum Gasteiger partial charge on any atom is -0.456 e. The van der Waals surface area contributed by atoms with E-state index in [-0.39, 0.29) is 0 Å². The number of aryl methyl sites for hydroxylation is 1. The van der Waals surface area contributed by atoms with Crippen LogP contribution in [0.2, 0.25) is 0 Å². The van der Waals surface area contributed by atoms with Crippen LogP contribution in [0.5, 0.6) is 0 Å². The van der Waals surface area contributed by atoms with Gasteiger partial charge < -0.3 is 9.32 Å². The third kappa shape index (κ3) is 4.97. The largest absolute Gasteiger partial charge is 0.456 e. The van der Waals surface area contributed by atoms with Crippen molar-refractivity contribution in [3.63, 3.8) is 0 Å². The van der Waals surface area contributed by atoms with Crippen LogP contribution in [-0.2, 0) is 0 Å². The highest BCUT2D eigenvalue weighted by Gasteiger charge is 2.16. The van der Waals surface area contributed by atoms with Crippen molar-refractivity contribution in [1.29, 1.82) is 0 Å². The normalized spacial score (nSPS) is 11.2. The summed E-state index contributed by atoms with van der Waals surface area (Å²) in [6.45, 7) is 2.13. The Bertz CT molecular complexity index is 2260. The van der Waals surface area contributed by atoms with Gasteiger partial charge in [0.1, 0.15) is 11.3 Å². The fourth-order valence-corrected chi connectivity index (χ4v) is 6.36. The fraction of sp³-hybridized carbons (Fsp3) is 0.0233. The molecule has 0 bridgehead atoms. The van der Waals surface area contributed by atoms with Crippen molar-refractivity contribution >= 4 is 38.8 Å². The molecule has 0 saturated carbocycles. The Kier molecular flexibility index (Phi) is 6.73. The third-order valence-corrected chi connectivity index (χ3v) is 8.67. The Morgan fingerprint density at radius 3 is 1.73 bits per heavy atom. The van der Waals surface area contributed by atoms with Gasteiger partial charge in [-0.1, -0.05) is 127 Å². The van der Waals surface area contributed by atoms with Crippen LogP contribution in [0, 0.1) is 6.92 Å². The lowest BCUT2D eigenvalue weighted by molar-refractivity contribution is 0.629. The first kappa shape index (κ1) is 26.7. The second-order valence-electron chi connectivity index (χ2n) is 11.4. The van der Waals surface area contributed by atoms with E-state index in [0.717, 1.165) is 39.4 Å². The zero-order valence-electron chi connectivity index (χ0n) is 25.0. The van der Waals surface area contributed by atoms with E-state index in [4.69, 9.17) is 4.42 Å². The van der Waals surface area contributed by atoms with E-state index in [1.807, 2.05) is 12.1 Å². The first-order valence-electron chi connectivity index (χ1n) is 15.4. The van der Waals surface area contributed by atoms with Crippen molar-refractivity contribution in [1.82, 2.24) is 0 Å². The molecule has 45 heavy (non-hydrogen) atoms. The van der Waals surface area contributed by atoms with Crippen molar-refractivity contribution in [3.8, 4) is 33.6 Å². The van der Waals surface area contributed by atoms with E-state index in [1.165, 1.54) is 38.6 Å². The average molecular weight is 578 g/mol. The topological polar surface area (TPSA) is 16.4 Å². The maximum Gasteiger partial charge on any atom is 0.138 e. The molecule has 2 heteroatoms. The van der Waals surface area contributed by atoms with Crippen LogP contribution < -0.4 is 4.90 Å². The zero-order valence-corrected chi connectivity index (χ0v) is 25.0. The number of para-hydroxylation sites is 2. The summed E-state index contributed by atoms with van der Waals surface area (Å²) in [6.07, 6.45) is 0. The number of furan rings is 1. The molecule has 0 radical (unpaired) electrons. The molecule has 0 atom stereocenters. The summed E-state index contributed by atoms with van der Waals surface area (Å²) in [5, 5.41) is 3.62. The molecule has 1 aromatic heterocycles. The molecule has 0 unspecified atom stereocenters. The fourth-order valence-electron chi connectivity index (χ4n) is 6.36. The molecule has 214 valence electrons. The maximum atomic E-state index is 6.25. The van der Waals surface area contributed by atoms with E-state index in [2.05, 4.69) is 170 Å². The third-order valence-electron chi connectivity index (χ3n) is 8.67. The predicted molar refractivity (Wildman–Crippen MR) is 189 cm³/mol. The zero-order chi connectivity index (χ0) is 30.2. The number of benzene rings is 7. The lowest BCUT2D eigenvalue weighted by atomic mass is 9.97. The molecule has 0 aliphatic carbocycles. The van der Waals surface area contributed by atoms with E-state index < -0.39 is 0 Å². The first-order chi connectivity index (χ1) is 22.2. The summed E-state index contributed by atoms with van der Waals surface area (Å²) in [6, 6.07) is 60.2. The number of nitrogens with zero attached hydrogens (tertiary/aromatic N) is 1. The molecule has 8 rings (SSSR count). The number of fused-ring (bicyclic) bond motifs is 2. The molecule has 0 fully saturated rings. The standard InChI is InChI=1S/C43H31NO/c1-30-39-17-7-8-20-42(39)45-43(30)36-14-9-13-35(29-36)33-23-21-31(22-24-33)32-25-27-38(28-26-32)44(37-15-3-2-4-16-37)41-19-10-12-34-11-5-6-18-40(34)41/h2-29H,1H3. The van der Waals surface area contributed by atoms with E-state index in [1.54, 1.807) is 0 Å². The minimum absolute atomic E-state index is 0.926. The van der Waals surface area contributed by atoms with Crippen LogP contribution in [0.1, 0.15) is 5.56 Å². The molecular weight excluding hydrogens is 546 g/mol. The van der Waals surface area contributed by atoms with Crippen molar-refractivity contribution in [2.24, 2.45) is 0 Å². The summed E-state index contributed by atoms with van der Waals surface area (Å²) < 4.78 is 6.25. The quantitative estimate of drug-likeness (QED) is 0.195. The van der Waals surface area contributed by atoms with Gasteiger partial charge in [0, 0.05) is 33.3 Å². The Hall–Kier alpha value is -5.86. The highest BCUT2D eigenvalue weighted by atomic mass is 16.3. The number of hydrogen-bond donors (Lipinski definition) is 0. The Balaban J connectivity index is 1.10. The van der Waals surface area contributed by atoms with E-state index in [9.17, 15) is 0 Å². The van der Waals surface area contributed by atoms with Gasteiger partial charge in [-0.05, 0) is 77.0 Å². The average Bonchev–Trinajstić information content (AvgIpc) is 3.45. The SMILES string of the molecule is Cc1c(-c2cccc(-c3ccc(-c4ccc(N(c5ccccc5)c5cccc6ccccc56)cc4)cc3)c2)oc2ccccc12. The molecule has 0 saturated heterocycles. The summed E-state index contributed by atoms with van der Waals surface area (Å²) in [5.41, 5.74) is 11.3. The monoisotopic (exact) mass is 577 g/mol. The highest BCUT2D eigenvalue weighted by molar-refractivity contribution is 5.99. The van der Waals surface area contributed by atoms with Crippen molar-refractivity contribution in [3.05, 3.63) is 175 Å². The molecule has 7 aromatic carbocycles. The molecule has 0 aliphatic heterocycles. The van der Waals surface area contributed by atoms with Crippen LogP contribution in [0.3, 0.4) is 0 Å². The van der Waals surface area contributed by atoms with Gasteiger partial charge in [0.2, 0.25) is 0 Å². The van der Waals surface area contributed by atoms with Gasteiger partial charge in [-0.3, -0.25) is 0 Å². The maximum absolute atomic E-state index is 6.25. The molecule has 2 nitrogen and oxygen atoms in total. The van der Waals surface area contributed by atoms with E-state index >= 15 is 0 Å². The van der Waals surface area contributed by atoms with Gasteiger partial charge in [0.25, 0.3) is 0 Å². The van der Waals surface area contributed by atoms with Crippen LogP contribution in [0.25, 0.3) is 55.3 Å². The van der Waals surface area contributed by atoms with Gasteiger partial charge in [-0.15, -0.1) is 0 Å². The number of rotatable bonds is 6. The second kappa shape index (κ2) is 11.3. The summed E-state index contributed by atoms with van der Waals surface area (Å²) in [5.74, 6) is 0.933. The highest BCUT2D eigenvalue weighted by Crippen LogP contribution is 2.40. The molecule has 0 aliphatic rings. The minimum atomic E-state index is 0.926. The van der Waals surface area contributed by atoms with Gasteiger partial charge in [-0.25, -0.2) is 0 Å². The lowest BCUT2D eigenvalue weighted by Gasteiger charge is -2.27. The molecule has 0 amide bonds. The number of anilines is 3. The molecule has 0 spiro atoms. The Morgan fingerprint density at radius 2 is 0.978 bits per heavy atom. The summed E-state index contributed by atoms with van der Waals surface area (Å²) in [4.78, 5) is 2.34. The molecule has 1 heterocycles. The van der Waals surface area contributed by atoms with E-state index in [0.29, 0.717) is 0 Å². The van der Waals surface area contributed by atoms with Gasteiger partial charge in [0.15, 0.2) is 0 Å². The molecule has 8 aromatic rings. The molecule has 0 N–H and O–H groups in total. The van der Waals surface area contributed by atoms with Crippen LogP contribution in [0.4, 0.5) is 17.1 Å². The Labute approximate surface area is 263 Å². The van der Waals surface area contributed by atoms with Gasteiger partial charge >= 0.3 is 0 Å². The molecular formula is C43H31NO. The summed E-state index contributed by atoms with van der Waals surface area (Å²) >= 11 is 0. The summed E-state index contributed by atoms with van der Waals surface area (Å²) in [7, 11) is 0. The lowest BCUT2D eigenvalue weighted by Crippen LogP contribution is -2.10. The predicted octanol–water partition coefficient (Wildman–Crippen LogP) is 12.4. The van der Waals surface area contributed by atoms with Crippen molar-refractivity contribution < 1.29 is 4.42 Å². The van der Waals surface area contributed by atoms with Crippen molar-refractivity contribution in [2.45, 2.75) is 6.92 Å². The Morgan fingerprint density at radius 1 is 0.422 bits per heavy atom. The van der Waals surface area contributed by atoms with Gasteiger partial charge in [0.05, 0.1) is 5.69 Å². The van der Waals surface area contributed by atoms with Crippen LogP contribution >= 0.6 is 0 Å². The van der Waals surface area contributed by atoms with Crippen LogP contribution in [0.15, 0.2) is 174 Å². The van der Waals surface area contributed by atoms with Gasteiger partial charge in [-0.2, -0.15) is 0 Å². The first-order valence-corrected chi connectivity index (χ1v) is 15.4. The van der Waals surface area contributed by atoms with Crippen molar-refractivity contribution in [2.75, 3.05) is 4.90 Å². The van der Waals surface area contributed by atoms with Crippen LogP contribution in [-0.4, -0.2) is 0 Å². The number of hydrogen-bond acceptors (Lipinski definition) is 2. The smallest absolute Gasteiger partial charge is 0.138 e.